The third kappa shape index (κ3) is 2.16. The first kappa shape index (κ1) is 9.74. The molecule has 1 fully saturated rings. The highest BCUT2D eigenvalue weighted by Gasteiger charge is 2.22. The van der Waals surface area contributed by atoms with Crippen LogP contribution < -0.4 is 5.32 Å². The molecule has 1 N–H and O–H groups in total. The molecule has 1 aliphatic heterocycles. The largest absolute Gasteiger partial charge is 0.472 e. The Morgan fingerprint density at radius 3 is 3.00 bits per heavy atom. The predicted octanol–water partition coefficient (Wildman–Crippen LogP) is 2.11. The van der Waals surface area contributed by atoms with Crippen LogP contribution >= 0.6 is 0 Å². The molecular formula is C11H17NO2. The highest BCUT2D eigenvalue weighted by Crippen LogP contribution is 2.23. The fraction of sp³-hybridized carbons (Fsp3) is 0.636. The molecule has 3 nitrogen and oxygen atoms in total. The van der Waals surface area contributed by atoms with Gasteiger partial charge in [-0.1, -0.05) is 0 Å². The topological polar surface area (TPSA) is 34.4 Å². The Bertz CT molecular complexity index is 271. The molecule has 1 aromatic heterocycles. The average molecular weight is 195 g/mol. The summed E-state index contributed by atoms with van der Waals surface area (Å²) in [6.07, 6.45) is 4.95. The SMILES string of the molecule is CC1CC(C)OC(c2ccoc2)CN1. The lowest BCUT2D eigenvalue weighted by Crippen LogP contribution is -2.27. The van der Waals surface area contributed by atoms with Crippen molar-refractivity contribution in [2.75, 3.05) is 6.54 Å². The molecule has 1 aliphatic rings. The van der Waals surface area contributed by atoms with Crippen molar-refractivity contribution in [3.8, 4) is 0 Å². The average Bonchev–Trinajstić information content (AvgIpc) is 2.59. The van der Waals surface area contributed by atoms with Crippen LogP contribution in [0.2, 0.25) is 0 Å². The zero-order valence-corrected chi connectivity index (χ0v) is 8.69. The molecule has 14 heavy (non-hydrogen) atoms. The van der Waals surface area contributed by atoms with E-state index in [1.54, 1.807) is 12.5 Å². The molecule has 0 radical (unpaired) electrons. The summed E-state index contributed by atoms with van der Waals surface area (Å²) in [7, 11) is 0. The lowest BCUT2D eigenvalue weighted by Gasteiger charge is -2.16. The van der Waals surface area contributed by atoms with E-state index in [0.717, 1.165) is 18.5 Å². The molecule has 2 heterocycles. The Kier molecular flexibility index (Phi) is 2.89. The van der Waals surface area contributed by atoms with Crippen molar-refractivity contribution in [3.05, 3.63) is 24.2 Å². The Morgan fingerprint density at radius 1 is 1.43 bits per heavy atom. The minimum absolute atomic E-state index is 0.133. The lowest BCUT2D eigenvalue weighted by atomic mass is 10.2. The smallest absolute Gasteiger partial charge is 0.0983 e. The Morgan fingerprint density at radius 2 is 2.29 bits per heavy atom. The number of rotatable bonds is 1. The fourth-order valence-electron chi connectivity index (χ4n) is 1.93. The number of hydrogen-bond acceptors (Lipinski definition) is 3. The first-order valence-electron chi connectivity index (χ1n) is 5.16. The van der Waals surface area contributed by atoms with Crippen LogP contribution in [-0.4, -0.2) is 18.7 Å². The van der Waals surface area contributed by atoms with E-state index >= 15 is 0 Å². The summed E-state index contributed by atoms with van der Waals surface area (Å²) in [5.41, 5.74) is 1.12. The van der Waals surface area contributed by atoms with Gasteiger partial charge in [0.2, 0.25) is 0 Å². The monoisotopic (exact) mass is 195 g/mol. The van der Waals surface area contributed by atoms with Crippen molar-refractivity contribution in [1.82, 2.24) is 5.32 Å². The number of furan rings is 1. The fourth-order valence-corrected chi connectivity index (χ4v) is 1.93. The maximum absolute atomic E-state index is 5.90. The van der Waals surface area contributed by atoms with Gasteiger partial charge >= 0.3 is 0 Å². The van der Waals surface area contributed by atoms with Crippen molar-refractivity contribution in [2.45, 2.75) is 38.5 Å². The second-order valence-corrected chi connectivity index (χ2v) is 4.04. The van der Waals surface area contributed by atoms with Crippen molar-refractivity contribution in [1.29, 1.82) is 0 Å². The van der Waals surface area contributed by atoms with Crippen molar-refractivity contribution < 1.29 is 9.15 Å². The van der Waals surface area contributed by atoms with E-state index in [-0.39, 0.29) is 6.10 Å². The molecule has 0 saturated carbocycles. The van der Waals surface area contributed by atoms with E-state index in [1.807, 2.05) is 6.07 Å². The zero-order valence-electron chi connectivity index (χ0n) is 8.69. The van der Waals surface area contributed by atoms with Gasteiger partial charge in [0, 0.05) is 18.2 Å². The highest BCUT2D eigenvalue weighted by molar-refractivity contribution is 5.10. The lowest BCUT2D eigenvalue weighted by molar-refractivity contribution is 0.00690. The minimum Gasteiger partial charge on any atom is -0.472 e. The minimum atomic E-state index is 0.133. The summed E-state index contributed by atoms with van der Waals surface area (Å²) in [5.74, 6) is 0. The van der Waals surface area contributed by atoms with Gasteiger partial charge in [-0.2, -0.15) is 0 Å². The van der Waals surface area contributed by atoms with Crippen molar-refractivity contribution in [3.63, 3.8) is 0 Å². The molecule has 0 bridgehead atoms. The van der Waals surface area contributed by atoms with Gasteiger partial charge in [0.25, 0.3) is 0 Å². The van der Waals surface area contributed by atoms with Crippen LogP contribution in [0.25, 0.3) is 0 Å². The first-order chi connectivity index (χ1) is 6.75. The number of ether oxygens (including phenoxy) is 1. The summed E-state index contributed by atoms with van der Waals surface area (Å²) in [5, 5.41) is 3.45. The number of nitrogens with one attached hydrogen (secondary N) is 1. The summed E-state index contributed by atoms with van der Waals surface area (Å²) >= 11 is 0. The van der Waals surface area contributed by atoms with E-state index < -0.39 is 0 Å². The van der Waals surface area contributed by atoms with Crippen LogP contribution in [0.1, 0.15) is 31.9 Å². The maximum Gasteiger partial charge on any atom is 0.0983 e. The molecule has 0 aliphatic carbocycles. The summed E-state index contributed by atoms with van der Waals surface area (Å²) < 4.78 is 11.0. The molecular weight excluding hydrogens is 178 g/mol. The second kappa shape index (κ2) is 4.15. The molecule has 78 valence electrons. The summed E-state index contributed by atoms with van der Waals surface area (Å²) in [6, 6.07) is 2.50. The van der Waals surface area contributed by atoms with Crippen LogP contribution in [0.4, 0.5) is 0 Å². The Hall–Kier alpha value is -0.800. The Labute approximate surface area is 84.4 Å². The van der Waals surface area contributed by atoms with Crippen LogP contribution in [-0.2, 0) is 4.74 Å². The van der Waals surface area contributed by atoms with Crippen molar-refractivity contribution in [2.24, 2.45) is 0 Å². The first-order valence-corrected chi connectivity index (χ1v) is 5.16. The summed E-state index contributed by atoms with van der Waals surface area (Å²) in [4.78, 5) is 0. The van der Waals surface area contributed by atoms with Gasteiger partial charge in [-0.05, 0) is 26.3 Å². The third-order valence-corrected chi connectivity index (χ3v) is 2.65. The molecule has 0 spiro atoms. The highest BCUT2D eigenvalue weighted by atomic mass is 16.5. The molecule has 2 rings (SSSR count). The van der Waals surface area contributed by atoms with Gasteiger partial charge in [0.15, 0.2) is 0 Å². The van der Waals surface area contributed by atoms with E-state index in [9.17, 15) is 0 Å². The quantitative estimate of drug-likeness (QED) is 0.745. The van der Waals surface area contributed by atoms with Crippen molar-refractivity contribution >= 4 is 0 Å². The predicted molar refractivity (Wildman–Crippen MR) is 54.1 cm³/mol. The van der Waals surface area contributed by atoms with E-state index in [0.29, 0.717) is 12.1 Å². The maximum atomic E-state index is 5.90. The standard InChI is InChI=1S/C11H17NO2/c1-8-5-9(2)14-11(6-12-8)10-3-4-13-7-10/h3-4,7-9,11-12H,5-6H2,1-2H3. The summed E-state index contributed by atoms with van der Waals surface area (Å²) in [6.45, 7) is 5.18. The van der Waals surface area contributed by atoms with Crippen LogP contribution in [0.3, 0.4) is 0 Å². The van der Waals surface area contributed by atoms with Crippen LogP contribution in [0, 0.1) is 0 Å². The molecule has 0 amide bonds. The molecule has 3 unspecified atom stereocenters. The third-order valence-electron chi connectivity index (χ3n) is 2.65. The van der Waals surface area contributed by atoms with Gasteiger partial charge in [-0.25, -0.2) is 0 Å². The second-order valence-electron chi connectivity index (χ2n) is 4.04. The molecule has 1 saturated heterocycles. The Balaban J connectivity index is 2.06. The van der Waals surface area contributed by atoms with E-state index in [2.05, 4.69) is 19.2 Å². The molecule has 1 aromatic rings. The van der Waals surface area contributed by atoms with Gasteiger partial charge in [0.05, 0.1) is 24.7 Å². The number of hydrogen-bond donors (Lipinski definition) is 1. The van der Waals surface area contributed by atoms with E-state index in [1.165, 1.54) is 0 Å². The van der Waals surface area contributed by atoms with Gasteiger partial charge in [-0.15, -0.1) is 0 Å². The van der Waals surface area contributed by atoms with Gasteiger partial charge in [-0.3, -0.25) is 0 Å². The molecule has 3 heteroatoms. The van der Waals surface area contributed by atoms with Crippen LogP contribution in [0.5, 0.6) is 0 Å². The molecule has 3 atom stereocenters. The van der Waals surface area contributed by atoms with Gasteiger partial charge in [0.1, 0.15) is 0 Å². The van der Waals surface area contributed by atoms with Crippen LogP contribution in [0.15, 0.2) is 23.0 Å². The zero-order chi connectivity index (χ0) is 9.97. The molecule has 0 aromatic carbocycles. The normalized spacial score (nSPS) is 34.0. The van der Waals surface area contributed by atoms with Gasteiger partial charge < -0.3 is 14.5 Å². The van der Waals surface area contributed by atoms with E-state index in [4.69, 9.17) is 9.15 Å².